The number of nitrogens with zero attached hydrogens (tertiary/aromatic N) is 2. The van der Waals surface area contributed by atoms with Crippen LogP contribution in [0, 0.1) is 0 Å². The fourth-order valence-electron chi connectivity index (χ4n) is 2.34. The molecule has 27 heavy (non-hydrogen) atoms. The highest BCUT2D eigenvalue weighted by Crippen LogP contribution is 2.19. The lowest BCUT2D eigenvalue weighted by Crippen LogP contribution is -2.27. The number of carbonyl (C=O) groups excluding carboxylic acids is 2. The lowest BCUT2D eigenvalue weighted by molar-refractivity contribution is -0.117. The highest BCUT2D eigenvalue weighted by atomic mass is 35.5. The van der Waals surface area contributed by atoms with E-state index in [-0.39, 0.29) is 12.3 Å². The summed E-state index contributed by atoms with van der Waals surface area (Å²) in [5, 5.41) is 8.04. The van der Waals surface area contributed by atoms with Crippen LogP contribution in [0.25, 0.3) is 0 Å². The Morgan fingerprint density at radius 3 is 2.63 bits per heavy atom. The number of carbonyl (C=O) groups is 2. The van der Waals surface area contributed by atoms with E-state index in [0.29, 0.717) is 21.5 Å². The fourth-order valence-corrected chi connectivity index (χ4v) is 3.24. The number of amides is 3. The maximum Gasteiger partial charge on any atom is 0.325 e. The Kier molecular flexibility index (Phi) is 6.05. The minimum atomic E-state index is -0.425. The number of likely N-dealkylation sites (N-methyl/N-ethyl adjacent to an activating group) is 1. The smallest absolute Gasteiger partial charge is 0.315 e. The van der Waals surface area contributed by atoms with E-state index in [9.17, 15) is 9.59 Å². The molecule has 8 heteroatoms. The summed E-state index contributed by atoms with van der Waals surface area (Å²) < 4.78 is 0. The SMILES string of the molecule is CN(C(=O)Cc1csc(NC(=O)Nc2cccc(Cl)c2)n1)c1ccccc1. The summed E-state index contributed by atoms with van der Waals surface area (Å²) in [6, 6.07) is 15.8. The number of benzene rings is 2. The number of thiazole rings is 1. The van der Waals surface area contributed by atoms with E-state index in [4.69, 9.17) is 11.6 Å². The molecule has 0 spiro atoms. The molecule has 0 fully saturated rings. The number of anilines is 3. The average molecular weight is 401 g/mol. The van der Waals surface area contributed by atoms with Gasteiger partial charge >= 0.3 is 6.03 Å². The lowest BCUT2D eigenvalue weighted by Gasteiger charge is -2.16. The number of urea groups is 1. The third kappa shape index (κ3) is 5.29. The maximum absolute atomic E-state index is 12.4. The first-order chi connectivity index (χ1) is 13.0. The molecule has 138 valence electrons. The highest BCUT2D eigenvalue weighted by molar-refractivity contribution is 7.14. The van der Waals surface area contributed by atoms with Gasteiger partial charge in [0, 0.05) is 28.8 Å². The molecule has 0 aliphatic heterocycles. The Bertz CT molecular complexity index is 946. The van der Waals surface area contributed by atoms with Gasteiger partial charge in [-0.3, -0.25) is 10.1 Å². The second-order valence-electron chi connectivity index (χ2n) is 5.70. The largest absolute Gasteiger partial charge is 0.325 e. The topological polar surface area (TPSA) is 74.3 Å². The van der Waals surface area contributed by atoms with Crippen molar-refractivity contribution in [3.63, 3.8) is 0 Å². The van der Waals surface area contributed by atoms with Gasteiger partial charge in [0.2, 0.25) is 5.91 Å². The van der Waals surface area contributed by atoms with Crippen molar-refractivity contribution in [3.05, 3.63) is 70.7 Å². The second-order valence-corrected chi connectivity index (χ2v) is 6.99. The minimum absolute atomic E-state index is 0.0820. The summed E-state index contributed by atoms with van der Waals surface area (Å²) in [6.07, 6.45) is 0.152. The molecule has 0 atom stereocenters. The number of nitrogens with one attached hydrogen (secondary N) is 2. The number of hydrogen-bond acceptors (Lipinski definition) is 4. The second kappa shape index (κ2) is 8.66. The van der Waals surface area contributed by atoms with Gasteiger partial charge in [-0.05, 0) is 30.3 Å². The van der Waals surface area contributed by atoms with Crippen LogP contribution in [0.4, 0.5) is 21.3 Å². The first kappa shape index (κ1) is 18.9. The van der Waals surface area contributed by atoms with Gasteiger partial charge in [0.25, 0.3) is 0 Å². The van der Waals surface area contributed by atoms with E-state index >= 15 is 0 Å². The van der Waals surface area contributed by atoms with E-state index < -0.39 is 6.03 Å². The van der Waals surface area contributed by atoms with Crippen LogP contribution >= 0.6 is 22.9 Å². The number of rotatable bonds is 5. The normalized spacial score (nSPS) is 10.3. The van der Waals surface area contributed by atoms with Crippen molar-refractivity contribution in [1.82, 2.24) is 4.98 Å². The van der Waals surface area contributed by atoms with Crippen molar-refractivity contribution in [1.29, 1.82) is 0 Å². The molecule has 3 aromatic rings. The molecule has 1 heterocycles. The maximum atomic E-state index is 12.4. The van der Waals surface area contributed by atoms with E-state index in [2.05, 4.69) is 15.6 Å². The molecule has 0 saturated carbocycles. The molecule has 0 aliphatic rings. The number of halogens is 1. The molecule has 0 saturated heterocycles. The Hall–Kier alpha value is -2.90. The summed E-state index contributed by atoms with van der Waals surface area (Å²) in [4.78, 5) is 30.3. The fraction of sp³-hybridized carbons (Fsp3) is 0.105. The van der Waals surface area contributed by atoms with Gasteiger partial charge < -0.3 is 10.2 Å². The van der Waals surface area contributed by atoms with Crippen LogP contribution in [-0.2, 0) is 11.2 Å². The zero-order valence-corrected chi connectivity index (χ0v) is 16.1. The number of para-hydroxylation sites is 1. The minimum Gasteiger partial charge on any atom is -0.315 e. The van der Waals surface area contributed by atoms with Crippen molar-refractivity contribution >= 4 is 51.4 Å². The Labute approximate surface area is 165 Å². The molecule has 0 bridgehead atoms. The summed E-state index contributed by atoms with van der Waals surface area (Å²) in [7, 11) is 1.72. The first-order valence-electron chi connectivity index (χ1n) is 8.11. The zero-order chi connectivity index (χ0) is 19.2. The monoisotopic (exact) mass is 400 g/mol. The third-order valence-corrected chi connectivity index (χ3v) is 4.75. The molecule has 6 nitrogen and oxygen atoms in total. The van der Waals surface area contributed by atoms with Gasteiger partial charge in [-0.15, -0.1) is 11.3 Å². The Balaban J connectivity index is 1.56. The predicted molar refractivity (Wildman–Crippen MR) is 110 cm³/mol. The van der Waals surface area contributed by atoms with Gasteiger partial charge in [-0.1, -0.05) is 35.9 Å². The lowest BCUT2D eigenvalue weighted by atomic mass is 10.2. The summed E-state index contributed by atoms with van der Waals surface area (Å²) in [5.74, 6) is -0.0820. The van der Waals surface area contributed by atoms with Gasteiger partial charge in [0.1, 0.15) is 0 Å². The molecule has 1 aromatic heterocycles. The predicted octanol–water partition coefficient (Wildman–Crippen LogP) is 4.65. The van der Waals surface area contributed by atoms with Crippen LogP contribution in [0.3, 0.4) is 0 Å². The van der Waals surface area contributed by atoms with Crippen LogP contribution in [-0.4, -0.2) is 24.0 Å². The Morgan fingerprint density at radius 2 is 1.89 bits per heavy atom. The molecule has 0 unspecified atom stereocenters. The van der Waals surface area contributed by atoms with Crippen LogP contribution in [0.15, 0.2) is 60.0 Å². The van der Waals surface area contributed by atoms with Crippen LogP contribution < -0.4 is 15.5 Å². The molecule has 3 amide bonds. The van der Waals surface area contributed by atoms with Crippen LogP contribution in [0.1, 0.15) is 5.69 Å². The quantitative estimate of drug-likeness (QED) is 0.654. The van der Waals surface area contributed by atoms with Crippen molar-refractivity contribution in [3.8, 4) is 0 Å². The van der Waals surface area contributed by atoms with Gasteiger partial charge in [-0.2, -0.15) is 0 Å². The average Bonchev–Trinajstić information content (AvgIpc) is 3.08. The van der Waals surface area contributed by atoms with Crippen molar-refractivity contribution in [2.24, 2.45) is 0 Å². The van der Waals surface area contributed by atoms with Gasteiger partial charge in [0.05, 0.1) is 12.1 Å². The first-order valence-corrected chi connectivity index (χ1v) is 9.36. The number of hydrogen-bond donors (Lipinski definition) is 2. The van der Waals surface area contributed by atoms with Crippen LogP contribution in [0.5, 0.6) is 0 Å². The standard InChI is InChI=1S/C19H17ClN4O2S/c1-24(16-8-3-2-4-9-16)17(25)11-15-12-27-19(22-15)23-18(26)21-14-7-5-6-13(20)10-14/h2-10,12H,11H2,1H3,(H2,21,22,23,26). The van der Waals surface area contributed by atoms with E-state index in [1.807, 2.05) is 30.3 Å². The Morgan fingerprint density at radius 1 is 1.11 bits per heavy atom. The van der Waals surface area contributed by atoms with E-state index in [1.165, 1.54) is 11.3 Å². The van der Waals surface area contributed by atoms with Crippen molar-refractivity contribution < 1.29 is 9.59 Å². The van der Waals surface area contributed by atoms with Crippen molar-refractivity contribution in [2.75, 3.05) is 22.6 Å². The van der Waals surface area contributed by atoms with E-state index in [1.54, 1.807) is 41.6 Å². The third-order valence-electron chi connectivity index (χ3n) is 3.70. The summed E-state index contributed by atoms with van der Waals surface area (Å²) in [6.45, 7) is 0. The number of aromatic nitrogens is 1. The molecule has 0 radical (unpaired) electrons. The highest BCUT2D eigenvalue weighted by Gasteiger charge is 2.14. The van der Waals surface area contributed by atoms with Crippen molar-refractivity contribution in [2.45, 2.75) is 6.42 Å². The summed E-state index contributed by atoms with van der Waals surface area (Å²) in [5.41, 5.74) is 2.00. The van der Waals surface area contributed by atoms with Crippen LogP contribution in [0.2, 0.25) is 5.02 Å². The molecule has 2 N–H and O–H groups in total. The molecular formula is C19H17ClN4O2S. The molecule has 2 aromatic carbocycles. The molecule has 3 rings (SSSR count). The summed E-state index contributed by atoms with van der Waals surface area (Å²) >= 11 is 7.15. The van der Waals surface area contributed by atoms with Gasteiger partial charge in [0.15, 0.2) is 5.13 Å². The molecular weight excluding hydrogens is 384 g/mol. The van der Waals surface area contributed by atoms with E-state index in [0.717, 1.165) is 5.69 Å². The van der Waals surface area contributed by atoms with Gasteiger partial charge in [-0.25, -0.2) is 9.78 Å². The molecule has 0 aliphatic carbocycles. The zero-order valence-electron chi connectivity index (χ0n) is 14.5.